The van der Waals surface area contributed by atoms with Crippen LogP contribution in [0.25, 0.3) is 0 Å². The second kappa shape index (κ2) is 8.63. The van der Waals surface area contributed by atoms with E-state index in [9.17, 15) is 18.0 Å². The van der Waals surface area contributed by atoms with Crippen molar-refractivity contribution >= 4 is 33.2 Å². The van der Waals surface area contributed by atoms with E-state index in [4.69, 9.17) is 4.74 Å². The molecule has 0 radical (unpaired) electrons. The zero-order valence-electron chi connectivity index (χ0n) is 17.3. The van der Waals surface area contributed by atoms with Gasteiger partial charge < -0.3 is 14.5 Å². The van der Waals surface area contributed by atoms with Gasteiger partial charge in [-0.15, -0.1) is 11.3 Å². The molecule has 1 aromatic rings. The predicted octanol–water partition coefficient (Wildman–Crippen LogP) is 3.08. The van der Waals surface area contributed by atoms with Gasteiger partial charge in [0.2, 0.25) is 5.91 Å². The van der Waals surface area contributed by atoms with Crippen molar-refractivity contribution in [1.82, 2.24) is 9.80 Å². The molecule has 7 nitrogen and oxygen atoms in total. The van der Waals surface area contributed by atoms with Gasteiger partial charge in [0, 0.05) is 31.1 Å². The van der Waals surface area contributed by atoms with Gasteiger partial charge in [0.25, 0.3) is 0 Å². The summed E-state index contributed by atoms with van der Waals surface area (Å²) in [6.07, 6.45) is 1.46. The molecular weight excluding hydrogens is 412 g/mol. The van der Waals surface area contributed by atoms with Crippen molar-refractivity contribution in [2.75, 3.05) is 31.9 Å². The number of carbonyl (C=O) groups excluding carboxylic acids is 2. The molecule has 3 rings (SSSR count). The Balaban J connectivity index is 1.65. The molecule has 0 bridgehead atoms. The first-order chi connectivity index (χ1) is 13.6. The highest BCUT2D eigenvalue weighted by Crippen LogP contribution is 2.33. The van der Waals surface area contributed by atoms with Crippen LogP contribution in [0.1, 0.15) is 50.2 Å². The van der Waals surface area contributed by atoms with Crippen molar-refractivity contribution in [3.63, 3.8) is 0 Å². The van der Waals surface area contributed by atoms with Gasteiger partial charge in [0.05, 0.1) is 16.9 Å². The third-order valence-corrected chi connectivity index (χ3v) is 8.58. The fraction of sp³-hybridized carbons (Fsp3) is 0.700. The van der Waals surface area contributed by atoms with E-state index in [1.54, 1.807) is 9.80 Å². The second-order valence-corrected chi connectivity index (χ2v) is 12.0. The lowest BCUT2D eigenvalue weighted by atomic mass is 9.96. The number of carbonyl (C=O) groups is 2. The third kappa shape index (κ3) is 5.51. The SMILES string of the molecule is CC(C)(C)OC(=O)N1CCC[C@@H](C(=O)N2CC[C@@H](c3cccs3)S(=O)(=O)CC2)C1. The Morgan fingerprint density at radius 2 is 1.90 bits per heavy atom. The van der Waals surface area contributed by atoms with E-state index in [0.29, 0.717) is 32.5 Å². The molecule has 2 amide bonds. The van der Waals surface area contributed by atoms with Gasteiger partial charge in [-0.25, -0.2) is 13.2 Å². The molecule has 0 spiro atoms. The van der Waals surface area contributed by atoms with Crippen molar-refractivity contribution in [1.29, 1.82) is 0 Å². The molecular formula is C20H30N2O5S2. The summed E-state index contributed by atoms with van der Waals surface area (Å²) in [5.74, 6) is -0.387. The van der Waals surface area contributed by atoms with Crippen molar-refractivity contribution in [3.8, 4) is 0 Å². The van der Waals surface area contributed by atoms with Gasteiger partial charge >= 0.3 is 6.09 Å². The molecule has 9 heteroatoms. The van der Waals surface area contributed by atoms with Gasteiger partial charge in [0.15, 0.2) is 9.84 Å². The van der Waals surface area contributed by atoms with E-state index in [0.717, 1.165) is 11.3 Å². The van der Waals surface area contributed by atoms with Crippen molar-refractivity contribution in [3.05, 3.63) is 22.4 Å². The number of hydrogen-bond donors (Lipinski definition) is 0. The average Bonchev–Trinajstić information content (AvgIpc) is 3.11. The molecule has 0 unspecified atom stereocenters. The van der Waals surface area contributed by atoms with E-state index < -0.39 is 26.8 Å². The first kappa shape index (κ1) is 22.1. The van der Waals surface area contributed by atoms with Crippen LogP contribution in [-0.2, 0) is 19.4 Å². The van der Waals surface area contributed by atoms with E-state index >= 15 is 0 Å². The number of rotatable bonds is 2. The third-order valence-electron chi connectivity index (χ3n) is 5.33. The zero-order valence-corrected chi connectivity index (χ0v) is 18.9. The molecule has 2 fully saturated rings. The minimum absolute atomic E-state index is 0.0240. The van der Waals surface area contributed by atoms with Gasteiger partial charge in [0.1, 0.15) is 5.60 Å². The number of likely N-dealkylation sites (tertiary alicyclic amines) is 1. The molecule has 0 aliphatic carbocycles. The molecule has 2 aliphatic heterocycles. The predicted molar refractivity (Wildman–Crippen MR) is 113 cm³/mol. The van der Waals surface area contributed by atoms with Crippen molar-refractivity contribution < 1.29 is 22.7 Å². The summed E-state index contributed by atoms with van der Waals surface area (Å²) >= 11 is 1.45. The lowest BCUT2D eigenvalue weighted by Gasteiger charge is -2.35. The van der Waals surface area contributed by atoms with Crippen LogP contribution in [0.5, 0.6) is 0 Å². The number of sulfone groups is 1. The second-order valence-electron chi connectivity index (χ2n) is 8.75. The van der Waals surface area contributed by atoms with E-state index in [1.165, 1.54) is 11.3 Å². The summed E-state index contributed by atoms with van der Waals surface area (Å²) < 4.78 is 30.9. The maximum atomic E-state index is 13.1. The Bertz CT molecular complexity index is 830. The molecule has 3 heterocycles. The minimum Gasteiger partial charge on any atom is -0.444 e. The molecule has 29 heavy (non-hydrogen) atoms. The van der Waals surface area contributed by atoms with Crippen LogP contribution in [0.4, 0.5) is 4.79 Å². The fourth-order valence-electron chi connectivity index (χ4n) is 3.89. The highest BCUT2D eigenvalue weighted by atomic mass is 32.2. The Morgan fingerprint density at radius 3 is 2.55 bits per heavy atom. The maximum absolute atomic E-state index is 13.1. The summed E-state index contributed by atoms with van der Waals surface area (Å²) in [5, 5.41) is 1.34. The molecule has 0 aromatic carbocycles. The first-order valence-corrected chi connectivity index (χ1v) is 12.7. The summed E-state index contributed by atoms with van der Waals surface area (Å²) in [6, 6.07) is 3.71. The van der Waals surface area contributed by atoms with Gasteiger partial charge in [-0.2, -0.15) is 0 Å². The largest absolute Gasteiger partial charge is 0.444 e. The maximum Gasteiger partial charge on any atom is 0.410 e. The van der Waals surface area contributed by atoms with E-state index in [1.807, 2.05) is 38.3 Å². The van der Waals surface area contributed by atoms with Crippen LogP contribution in [0, 0.1) is 5.92 Å². The lowest BCUT2D eigenvalue weighted by Crippen LogP contribution is -2.48. The van der Waals surface area contributed by atoms with Gasteiger partial charge in [-0.05, 0) is 51.5 Å². The van der Waals surface area contributed by atoms with E-state index in [2.05, 4.69) is 0 Å². The quantitative estimate of drug-likeness (QED) is 0.703. The van der Waals surface area contributed by atoms with Gasteiger partial charge in [-0.1, -0.05) is 6.07 Å². The van der Waals surface area contributed by atoms with E-state index in [-0.39, 0.29) is 24.1 Å². The molecule has 162 valence electrons. The normalized spacial score (nSPS) is 25.3. The highest BCUT2D eigenvalue weighted by molar-refractivity contribution is 7.91. The topological polar surface area (TPSA) is 84.0 Å². The van der Waals surface area contributed by atoms with Crippen LogP contribution in [-0.4, -0.2) is 67.8 Å². The molecule has 1 aromatic heterocycles. The molecule has 0 N–H and O–H groups in total. The number of thiophene rings is 1. The first-order valence-electron chi connectivity index (χ1n) is 10.1. The number of hydrogen-bond acceptors (Lipinski definition) is 6. The zero-order chi connectivity index (χ0) is 21.2. The number of ether oxygens (including phenoxy) is 1. The standard InChI is InChI=1S/C20H30N2O5S2/c1-20(2,3)27-19(24)22-9-4-6-15(14-22)18(23)21-10-8-17(16-7-5-12-28-16)29(25,26)13-11-21/h5,7,12,15,17H,4,6,8-11,13-14H2,1-3H3/t15-,17+/m1/s1. The molecule has 0 saturated carbocycles. The Labute approximate surface area is 176 Å². The number of piperidine rings is 1. The molecule has 2 aliphatic rings. The highest BCUT2D eigenvalue weighted by Gasteiger charge is 2.37. The van der Waals surface area contributed by atoms with Crippen molar-refractivity contribution in [2.24, 2.45) is 5.92 Å². The van der Waals surface area contributed by atoms with Crippen molar-refractivity contribution in [2.45, 2.75) is 50.9 Å². The number of amides is 2. The fourth-order valence-corrected chi connectivity index (χ4v) is 6.89. The lowest BCUT2D eigenvalue weighted by molar-refractivity contribution is -0.136. The van der Waals surface area contributed by atoms with Crippen LogP contribution in [0.2, 0.25) is 0 Å². The smallest absolute Gasteiger partial charge is 0.410 e. The molecule has 2 atom stereocenters. The van der Waals surface area contributed by atoms with Crippen LogP contribution >= 0.6 is 11.3 Å². The monoisotopic (exact) mass is 442 g/mol. The Morgan fingerprint density at radius 1 is 1.14 bits per heavy atom. The van der Waals surface area contributed by atoms with Crippen LogP contribution < -0.4 is 0 Å². The number of nitrogens with zero attached hydrogens (tertiary/aromatic N) is 2. The van der Waals surface area contributed by atoms with Gasteiger partial charge in [-0.3, -0.25) is 4.79 Å². The minimum atomic E-state index is -3.29. The summed E-state index contributed by atoms with van der Waals surface area (Å²) in [7, 11) is -3.29. The van der Waals surface area contributed by atoms with Crippen LogP contribution in [0.3, 0.4) is 0 Å². The Hall–Kier alpha value is -1.61. The Kier molecular flexibility index (Phi) is 6.57. The summed E-state index contributed by atoms with van der Waals surface area (Å²) in [4.78, 5) is 29.6. The molecule has 2 saturated heterocycles. The average molecular weight is 443 g/mol. The summed E-state index contributed by atoms with van der Waals surface area (Å²) in [5.41, 5.74) is -0.579. The summed E-state index contributed by atoms with van der Waals surface area (Å²) in [6.45, 7) is 6.99. The van der Waals surface area contributed by atoms with Crippen LogP contribution in [0.15, 0.2) is 17.5 Å².